The lowest BCUT2D eigenvalue weighted by atomic mass is 10.2. The molecule has 1 N–H and O–H groups in total. The number of nitrogens with zero attached hydrogens (tertiary/aromatic N) is 3. The molecule has 0 spiro atoms. The third-order valence-corrected chi connectivity index (χ3v) is 4.04. The molecule has 7 nitrogen and oxygen atoms in total. The molecule has 0 unspecified atom stereocenters. The highest BCUT2D eigenvalue weighted by atomic mass is 32.1. The number of benzene rings is 1. The van der Waals surface area contributed by atoms with Crippen LogP contribution in [-0.2, 0) is 16.1 Å². The van der Waals surface area contributed by atoms with Crippen LogP contribution in [-0.4, -0.2) is 33.2 Å². The molecule has 1 aromatic carbocycles. The smallest absolute Gasteiger partial charge is 0.338 e. The molecular formula is C16H14N4O3S. The zero-order valence-electron chi connectivity index (χ0n) is 12.6. The van der Waals surface area contributed by atoms with Crippen molar-refractivity contribution in [3.63, 3.8) is 0 Å². The predicted octanol–water partition coefficient (Wildman–Crippen LogP) is 1.80. The Bertz CT molecular complexity index is 798. The Hall–Kier alpha value is -3.00. The van der Waals surface area contributed by atoms with Gasteiger partial charge in [0.05, 0.1) is 17.8 Å². The molecular weight excluding hydrogens is 328 g/mol. The maximum absolute atomic E-state index is 11.9. The number of esters is 1. The van der Waals surface area contributed by atoms with Crippen LogP contribution in [0.2, 0.25) is 0 Å². The zero-order valence-corrected chi connectivity index (χ0v) is 13.4. The molecule has 0 atom stereocenters. The fraction of sp³-hybridized carbons (Fsp3) is 0.125. The van der Waals surface area contributed by atoms with Crippen molar-refractivity contribution in [2.75, 3.05) is 6.61 Å². The van der Waals surface area contributed by atoms with Crippen molar-refractivity contribution in [2.24, 2.45) is 0 Å². The van der Waals surface area contributed by atoms with E-state index in [0.717, 1.165) is 10.6 Å². The van der Waals surface area contributed by atoms with Crippen molar-refractivity contribution in [3.8, 4) is 5.69 Å². The van der Waals surface area contributed by atoms with E-state index in [4.69, 9.17) is 4.74 Å². The number of hydrogen-bond acceptors (Lipinski definition) is 6. The second-order valence-corrected chi connectivity index (χ2v) is 5.85. The van der Waals surface area contributed by atoms with Crippen LogP contribution in [0.3, 0.4) is 0 Å². The summed E-state index contributed by atoms with van der Waals surface area (Å²) in [7, 11) is 0. The largest absolute Gasteiger partial charge is 0.452 e. The van der Waals surface area contributed by atoms with Crippen LogP contribution in [0.4, 0.5) is 0 Å². The number of carbonyl (C=O) groups is 2. The van der Waals surface area contributed by atoms with E-state index in [1.165, 1.54) is 6.33 Å². The Morgan fingerprint density at radius 3 is 2.71 bits per heavy atom. The molecule has 0 aliphatic heterocycles. The summed E-state index contributed by atoms with van der Waals surface area (Å²) in [6.07, 6.45) is 2.99. The van der Waals surface area contributed by atoms with Gasteiger partial charge in [0.15, 0.2) is 6.61 Å². The summed E-state index contributed by atoms with van der Waals surface area (Å²) in [4.78, 5) is 28.5. The number of ether oxygens (including phenoxy) is 1. The van der Waals surface area contributed by atoms with Gasteiger partial charge < -0.3 is 10.1 Å². The van der Waals surface area contributed by atoms with Crippen molar-refractivity contribution in [2.45, 2.75) is 6.54 Å². The van der Waals surface area contributed by atoms with Crippen molar-refractivity contribution in [1.82, 2.24) is 20.1 Å². The SMILES string of the molecule is O=C(COC(=O)c1ccc(-n2cncn2)cc1)NCc1cccs1. The molecule has 2 heterocycles. The number of nitrogens with one attached hydrogen (secondary N) is 1. The molecule has 3 aromatic rings. The highest BCUT2D eigenvalue weighted by Gasteiger charge is 2.10. The van der Waals surface area contributed by atoms with Crippen molar-refractivity contribution < 1.29 is 14.3 Å². The average molecular weight is 342 g/mol. The van der Waals surface area contributed by atoms with Crippen LogP contribution in [0.25, 0.3) is 5.69 Å². The van der Waals surface area contributed by atoms with E-state index in [0.29, 0.717) is 12.1 Å². The van der Waals surface area contributed by atoms with Gasteiger partial charge in [-0.05, 0) is 35.7 Å². The molecule has 3 rings (SSSR count). The van der Waals surface area contributed by atoms with E-state index >= 15 is 0 Å². The van der Waals surface area contributed by atoms with Gasteiger partial charge in [-0.15, -0.1) is 11.3 Å². The fourth-order valence-corrected chi connectivity index (χ4v) is 2.60. The number of aromatic nitrogens is 3. The van der Waals surface area contributed by atoms with Crippen LogP contribution in [0.5, 0.6) is 0 Å². The number of hydrogen-bond donors (Lipinski definition) is 1. The fourth-order valence-electron chi connectivity index (χ4n) is 1.96. The summed E-state index contributed by atoms with van der Waals surface area (Å²) < 4.78 is 6.58. The van der Waals surface area contributed by atoms with E-state index in [-0.39, 0.29) is 12.5 Å². The van der Waals surface area contributed by atoms with Gasteiger partial charge in [0.1, 0.15) is 12.7 Å². The molecule has 2 aromatic heterocycles. The molecule has 0 saturated carbocycles. The van der Waals surface area contributed by atoms with Gasteiger partial charge in [0.25, 0.3) is 5.91 Å². The maximum Gasteiger partial charge on any atom is 0.338 e. The van der Waals surface area contributed by atoms with E-state index in [1.807, 2.05) is 17.5 Å². The maximum atomic E-state index is 11.9. The average Bonchev–Trinajstić information content (AvgIpc) is 3.31. The van der Waals surface area contributed by atoms with Crippen molar-refractivity contribution in [1.29, 1.82) is 0 Å². The first kappa shape index (κ1) is 15.9. The summed E-state index contributed by atoms with van der Waals surface area (Å²) in [5.41, 5.74) is 1.14. The molecule has 0 saturated heterocycles. The van der Waals surface area contributed by atoms with Crippen LogP contribution < -0.4 is 5.32 Å². The van der Waals surface area contributed by atoms with Gasteiger partial charge in [0.2, 0.25) is 0 Å². The summed E-state index contributed by atoms with van der Waals surface area (Å²) in [6, 6.07) is 10.5. The Balaban J connectivity index is 1.48. The van der Waals surface area contributed by atoms with E-state index in [1.54, 1.807) is 46.6 Å². The summed E-state index contributed by atoms with van der Waals surface area (Å²) >= 11 is 1.55. The quantitative estimate of drug-likeness (QED) is 0.690. The van der Waals surface area contributed by atoms with Gasteiger partial charge in [-0.2, -0.15) is 5.10 Å². The molecule has 0 aliphatic carbocycles. The first-order valence-corrected chi connectivity index (χ1v) is 8.01. The van der Waals surface area contributed by atoms with Crippen LogP contribution >= 0.6 is 11.3 Å². The van der Waals surface area contributed by atoms with Gasteiger partial charge in [-0.25, -0.2) is 14.5 Å². The second-order valence-electron chi connectivity index (χ2n) is 4.82. The molecule has 1 amide bonds. The molecule has 122 valence electrons. The van der Waals surface area contributed by atoms with E-state index < -0.39 is 5.97 Å². The lowest BCUT2D eigenvalue weighted by molar-refractivity contribution is -0.124. The monoisotopic (exact) mass is 342 g/mol. The standard InChI is InChI=1S/C16H14N4O3S/c21-15(18-8-14-2-1-7-24-14)9-23-16(22)12-3-5-13(6-4-12)20-11-17-10-19-20/h1-7,10-11H,8-9H2,(H,18,21). The van der Waals surface area contributed by atoms with Gasteiger partial charge in [-0.1, -0.05) is 6.07 Å². The number of rotatable bonds is 6. The predicted molar refractivity (Wildman–Crippen MR) is 87.8 cm³/mol. The molecule has 0 aliphatic rings. The van der Waals surface area contributed by atoms with Crippen LogP contribution in [0.15, 0.2) is 54.4 Å². The highest BCUT2D eigenvalue weighted by Crippen LogP contribution is 2.09. The second kappa shape index (κ2) is 7.51. The molecule has 0 fully saturated rings. The minimum absolute atomic E-state index is 0.310. The molecule has 24 heavy (non-hydrogen) atoms. The van der Waals surface area contributed by atoms with Gasteiger partial charge >= 0.3 is 5.97 Å². The highest BCUT2D eigenvalue weighted by molar-refractivity contribution is 7.09. The van der Waals surface area contributed by atoms with Gasteiger partial charge in [0, 0.05) is 4.88 Å². The Morgan fingerprint density at radius 2 is 2.04 bits per heavy atom. The lowest BCUT2D eigenvalue weighted by Gasteiger charge is -2.06. The first-order valence-electron chi connectivity index (χ1n) is 7.13. The Kier molecular flexibility index (Phi) is 4.97. The number of carbonyl (C=O) groups excluding carboxylic acids is 2. The van der Waals surface area contributed by atoms with E-state index in [9.17, 15) is 9.59 Å². The number of amides is 1. The van der Waals surface area contributed by atoms with Gasteiger partial charge in [-0.3, -0.25) is 4.79 Å². The van der Waals surface area contributed by atoms with E-state index in [2.05, 4.69) is 15.4 Å². The van der Waals surface area contributed by atoms with Crippen LogP contribution in [0, 0.1) is 0 Å². The van der Waals surface area contributed by atoms with Crippen LogP contribution in [0.1, 0.15) is 15.2 Å². The summed E-state index contributed by atoms with van der Waals surface area (Å²) in [5, 5.41) is 8.63. The number of thiophene rings is 1. The third-order valence-electron chi connectivity index (χ3n) is 3.16. The first-order chi connectivity index (χ1) is 11.7. The Morgan fingerprint density at radius 1 is 1.21 bits per heavy atom. The van der Waals surface area contributed by atoms with Crippen molar-refractivity contribution in [3.05, 3.63) is 64.9 Å². The van der Waals surface area contributed by atoms with Crippen molar-refractivity contribution >= 4 is 23.2 Å². The minimum Gasteiger partial charge on any atom is -0.452 e. The zero-order chi connectivity index (χ0) is 16.8. The molecule has 0 bridgehead atoms. The summed E-state index contributed by atoms with van der Waals surface area (Å²) in [6.45, 7) is 0.121. The normalized spacial score (nSPS) is 10.3. The minimum atomic E-state index is -0.550. The third kappa shape index (κ3) is 4.05. The Labute approximate surface area is 141 Å². The lowest BCUT2D eigenvalue weighted by Crippen LogP contribution is -2.28. The topological polar surface area (TPSA) is 86.1 Å². The molecule has 8 heteroatoms. The molecule has 0 radical (unpaired) electrons. The summed E-state index contributed by atoms with van der Waals surface area (Å²) in [5.74, 6) is -0.887.